The largest absolute Gasteiger partial charge is 0.396 e. The average molecular weight is 202 g/mol. The van der Waals surface area contributed by atoms with Gasteiger partial charge in [-0.2, -0.15) is 0 Å². The highest BCUT2D eigenvalue weighted by Crippen LogP contribution is 2.65. The van der Waals surface area contributed by atoms with E-state index in [0.717, 1.165) is 5.92 Å². The van der Waals surface area contributed by atoms with E-state index < -0.39 is 0 Å². The number of aliphatic hydroxyl groups excluding tert-OH is 1. The molecule has 0 saturated heterocycles. The highest BCUT2D eigenvalue weighted by Gasteiger charge is 2.65. The topological polar surface area (TPSA) is 29.5 Å². The molecule has 1 N–H and O–H groups in total. The number of hydrogen-bond donors (Lipinski definition) is 1. The number of rotatable bonds is 3. The van der Waals surface area contributed by atoms with E-state index in [0.29, 0.717) is 12.3 Å². The highest BCUT2D eigenvalue weighted by molar-refractivity contribution is 7.17. The van der Waals surface area contributed by atoms with Gasteiger partial charge >= 0.3 is 0 Å². The lowest BCUT2D eigenvalue weighted by atomic mass is 10.0. The Labute approximate surface area is 82.2 Å². The Kier molecular flexibility index (Phi) is 2.42. The molecule has 2 rings (SSSR count). The number of hydrogen-bond acceptors (Lipinski definition) is 2. The molecule has 0 aromatic carbocycles. The van der Waals surface area contributed by atoms with Gasteiger partial charge in [0.05, 0.1) is 18.8 Å². The van der Waals surface area contributed by atoms with Crippen LogP contribution in [0.1, 0.15) is 26.7 Å². The number of ether oxygens (including phenoxy) is 1. The van der Waals surface area contributed by atoms with Crippen LogP contribution in [0, 0.1) is 11.3 Å². The molecule has 0 spiro atoms. The van der Waals surface area contributed by atoms with Crippen LogP contribution in [0.5, 0.6) is 0 Å². The van der Waals surface area contributed by atoms with Crippen molar-refractivity contribution in [3.05, 3.63) is 0 Å². The van der Waals surface area contributed by atoms with Crippen molar-refractivity contribution in [2.75, 3.05) is 6.61 Å². The lowest BCUT2D eigenvalue weighted by molar-refractivity contribution is -0.0404. The molecule has 2 saturated carbocycles. The first-order valence-electron chi connectivity index (χ1n) is 5.12. The summed E-state index contributed by atoms with van der Waals surface area (Å²) in [7, 11) is 2.87. The predicted octanol–water partition coefficient (Wildman–Crippen LogP) is 1.43. The molecule has 0 heterocycles. The Morgan fingerprint density at radius 2 is 2.31 bits per heavy atom. The van der Waals surface area contributed by atoms with Crippen LogP contribution in [-0.2, 0) is 4.74 Å². The molecule has 2 fully saturated rings. The maximum absolute atomic E-state index is 9.38. The summed E-state index contributed by atoms with van der Waals surface area (Å²) in [5.74, 6) is 0.726. The van der Waals surface area contributed by atoms with Gasteiger partial charge in [0, 0.05) is 11.1 Å². The molecule has 76 valence electrons. The third-order valence-corrected chi connectivity index (χ3v) is 4.13. The third-order valence-electron chi connectivity index (χ3n) is 3.50. The van der Waals surface area contributed by atoms with Gasteiger partial charge in [-0.05, 0) is 32.6 Å². The summed E-state index contributed by atoms with van der Waals surface area (Å²) in [5, 5.41) is 9.38. The smallest absolute Gasteiger partial charge is 0.0721 e. The highest BCUT2D eigenvalue weighted by atomic mass is 31.0. The summed E-state index contributed by atoms with van der Waals surface area (Å²) < 4.78 is 5.89. The lowest BCUT2D eigenvalue weighted by Gasteiger charge is -2.27. The fraction of sp³-hybridized carbons (Fsp3) is 1.00. The molecule has 0 aliphatic heterocycles. The summed E-state index contributed by atoms with van der Waals surface area (Å²) in [6.07, 6.45) is 2.93. The van der Waals surface area contributed by atoms with Crippen LogP contribution in [-0.4, -0.2) is 29.6 Å². The van der Waals surface area contributed by atoms with Crippen LogP contribution in [0.3, 0.4) is 0 Å². The fourth-order valence-electron chi connectivity index (χ4n) is 2.76. The second kappa shape index (κ2) is 3.18. The molecule has 2 aliphatic carbocycles. The van der Waals surface area contributed by atoms with Crippen LogP contribution in [0.15, 0.2) is 0 Å². The minimum Gasteiger partial charge on any atom is -0.396 e. The summed E-state index contributed by atoms with van der Waals surface area (Å²) in [6, 6.07) is 0. The summed E-state index contributed by atoms with van der Waals surface area (Å²) in [5.41, 5.74) is 0.685. The van der Waals surface area contributed by atoms with Gasteiger partial charge in [0.25, 0.3) is 0 Å². The van der Waals surface area contributed by atoms with Crippen LogP contribution >= 0.6 is 9.24 Å². The molecule has 2 aliphatic rings. The van der Waals surface area contributed by atoms with E-state index in [4.69, 9.17) is 4.74 Å². The van der Waals surface area contributed by atoms with Crippen molar-refractivity contribution in [2.45, 2.75) is 44.6 Å². The van der Waals surface area contributed by atoms with Crippen molar-refractivity contribution >= 4 is 9.24 Å². The van der Waals surface area contributed by atoms with Gasteiger partial charge in [-0.25, -0.2) is 0 Å². The maximum Gasteiger partial charge on any atom is 0.0721 e. The second-order valence-corrected chi connectivity index (χ2v) is 5.65. The van der Waals surface area contributed by atoms with E-state index in [-0.39, 0.29) is 17.6 Å². The zero-order valence-corrected chi connectivity index (χ0v) is 9.52. The Hall–Kier alpha value is 0.350. The van der Waals surface area contributed by atoms with Crippen LogP contribution in [0.25, 0.3) is 0 Å². The first-order chi connectivity index (χ1) is 6.10. The average Bonchev–Trinajstić information content (AvgIpc) is 2.69. The van der Waals surface area contributed by atoms with Gasteiger partial charge in [0.1, 0.15) is 0 Å². The van der Waals surface area contributed by atoms with Crippen LogP contribution in [0.4, 0.5) is 0 Å². The van der Waals surface area contributed by atoms with Gasteiger partial charge in [0.15, 0.2) is 0 Å². The van der Waals surface area contributed by atoms with E-state index in [9.17, 15) is 5.11 Å². The molecule has 0 radical (unpaired) electrons. The first kappa shape index (κ1) is 9.89. The van der Waals surface area contributed by atoms with Gasteiger partial charge in [-0.3, -0.25) is 0 Å². The first-order valence-corrected chi connectivity index (χ1v) is 5.78. The lowest BCUT2D eigenvalue weighted by Crippen LogP contribution is -2.34. The van der Waals surface area contributed by atoms with E-state index in [1.54, 1.807) is 0 Å². The Morgan fingerprint density at radius 3 is 2.85 bits per heavy atom. The normalized spacial score (nSPS) is 48.2. The van der Waals surface area contributed by atoms with E-state index in [1.807, 2.05) is 0 Å². The van der Waals surface area contributed by atoms with E-state index in [2.05, 4.69) is 23.1 Å². The van der Waals surface area contributed by atoms with Crippen molar-refractivity contribution < 1.29 is 9.84 Å². The summed E-state index contributed by atoms with van der Waals surface area (Å²) >= 11 is 0. The van der Waals surface area contributed by atoms with E-state index in [1.165, 1.54) is 12.8 Å². The number of aliphatic hydroxyl groups is 1. The Morgan fingerprint density at radius 1 is 1.62 bits per heavy atom. The van der Waals surface area contributed by atoms with Crippen molar-refractivity contribution in [3.8, 4) is 0 Å². The van der Waals surface area contributed by atoms with Crippen molar-refractivity contribution in [2.24, 2.45) is 11.3 Å². The molecular formula is C10H19O2P. The third kappa shape index (κ3) is 1.44. The molecule has 3 heteroatoms. The van der Waals surface area contributed by atoms with E-state index >= 15 is 0 Å². The summed E-state index contributed by atoms with van der Waals surface area (Å²) in [4.78, 5) is 0. The van der Waals surface area contributed by atoms with Crippen LogP contribution < -0.4 is 0 Å². The molecule has 2 nitrogen and oxygen atoms in total. The second-order valence-electron chi connectivity index (χ2n) is 4.80. The fourth-order valence-corrected chi connectivity index (χ4v) is 3.56. The zero-order chi connectivity index (χ0) is 9.64. The quantitative estimate of drug-likeness (QED) is 0.701. The SMILES string of the molecule is CC(C)O[C@H]1[C@@H](P)CC2CC21CO. The Bertz CT molecular complexity index is 203. The monoisotopic (exact) mass is 202 g/mol. The Balaban J connectivity index is 2.06. The standard InChI is InChI=1S/C10H19O2P/c1-6(2)12-9-8(13)3-7-4-10(7,9)5-11/h6-9,11H,3-5,13H2,1-2H3/t7?,8-,9-,10?/m0/s1. The minimum absolute atomic E-state index is 0.136. The number of fused-ring (bicyclic) bond motifs is 1. The van der Waals surface area contributed by atoms with Crippen LogP contribution in [0.2, 0.25) is 0 Å². The minimum atomic E-state index is 0.136. The van der Waals surface area contributed by atoms with Crippen molar-refractivity contribution in [1.82, 2.24) is 0 Å². The molecule has 0 amide bonds. The molecular weight excluding hydrogens is 183 g/mol. The van der Waals surface area contributed by atoms with Gasteiger partial charge in [-0.15, -0.1) is 9.24 Å². The van der Waals surface area contributed by atoms with Gasteiger partial charge < -0.3 is 9.84 Å². The van der Waals surface area contributed by atoms with Gasteiger partial charge in [0.2, 0.25) is 0 Å². The molecule has 0 aromatic heterocycles. The maximum atomic E-state index is 9.38. The molecule has 13 heavy (non-hydrogen) atoms. The summed E-state index contributed by atoms with van der Waals surface area (Å²) in [6.45, 7) is 4.44. The zero-order valence-electron chi connectivity index (χ0n) is 8.36. The van der Waals surface area contributed by atoms with Gasteiger partial charge in [-0.1, -0.05) is 0 Å². The van der Waals surface area contributed by atoms with Crippen molar-refractivity contribution in [1.29, 1.82) is 0 Å². The molecule has 0 aromatic rings. The molecule has 0 bridgehead atoms. The van der Waals surface area contributed by atoms with Crippen molar-refractivity contribution in [3.63, 3.8) is 0 Å². The molecule has 5 atom stereocenters. The molecule has 3 unspecified atom stereocenters. The predicted molar refractivity (Wildman–Crippen MR) is 55.7 cm³/mol.